The van der Waals surface area contributed by atoms with Crippen LogP contribution in [0.25, 0.3) is 22.3 Å². The second-order valence-corrected chi connectivity index (χ2v) is 9.59. The van der Waals surface area contributed by atoms with E-state index < -0.39 is 11.6 Å². The molecule has 0 aliphatic carbocycles. The average Bonchev–Trinajstić information content (AvgIpc) is 3.22. The molecule has 0 bridgehead atoms. The molecule has 0 aliphatic rings. The number of benzene rings is 1. The summed E-state index contributed by atoms with van der Waals surface area (Å²) in [6.07, 6.45) is 6.55. The zero-order chi connectivity index (χ0) is 26.5. The van der Waals surface area contributed by atoms with Crippen LogP contribution in [0.15, 0.2) is 36.7 Å². The normalized spacial score (nSPS) is 11.7. The molecule has 1 N–H and O–H groups in total. The number of imidazole rings is 1. The lowest BCUT2D eigenvalue weighted by Crippen LogP contribution is -2.24. The third-order valence-electron chi connectivity index (χ3n) is 6.45. The lowest BCUT2D eigenvalue weighted by molar-refractivity contribution is 0.273. The van der Waals surface area contributed by atoms with Crippen LogP contribution in [0.3, 0.4) is 0 Å². The topological polar surface area (TPSA) is 71.8 Å². The number of rotatable bonds is 11. The summed E-state index contributed by atoms with van der Waals surface area (Å²) < 4.78 is 31.7. The number of nitrogens with one attached hydrogen (secondary N) is 1. The van der Waals surface area contributed by atoms with Gasteiger partial charge in [-0.3, -0.25) is 4.90 Å². The van der Waals surface area contributed by atoms with Gasteiger partial charge in [0, 0.05) is 24.3 Å². The van der Waals surface area contributed by atoms with Gasteiger partial charge in [0.2, 0.25) is 5.95 Å². The summed E-state index contributed by atoms with van der Waals surface area (Å²) in [4.78, 5) is 19.7. The Morgan fingerprint density at radius 2 is 1.81 bits per heavy atom. The van der Waals surface area contributed by atoms with Crippen molar-refractivity contribution < 1.29 is 8.78 Å². The van der Waals surface area contributed by atoms with Crippen LogP contribution in [-0.2, 0) is 6.54 Å². The number of pyridine rings is 1. The average molecular weight is 508 g/mol. The number of unbranched alkanes of at least 4 members (excludes halogenated alkanes) is 2. The minimum absolute atomic E-state index is 0.00902. The molecule has 7 nitrogen and oxygen atoms in total. The molecule has 0 atom stereocenters. The third-order valence-corrected chi connectivity index (χ3v) is 6.45. The maximum absolute atomic E-state index is 14.9. The van der Waals surface area contributed by atoms with Gasteiger partial charge in [0.05, 0.1) is 11.7 Å². The van der Waals surface area contributed by atoms with Crippen LogP contribution in [-0.4, -0.2) is 42.5 Å². The van der Waals surface area contributed by atoms with E-state index in [0.717, 1.165) is 31.4 Å². The monoisotopic (exact) mass is 507 g/mol. The van der Waals surface area contributed by atoms with Gasteiger partial charge in [-0.2, -0.15) is 0 Å². The Kier molecular flexibility index (Phi) is 8.43. The lowest BCUT2D eigenvalue weighted by atomic mass is 10.1. The van der Waals surface area contributed by atoms with Crippen molar-refractivity contribution in [2.75, 3.05) is 18.4 Å². The van der Waals surface area contributed by atoms with E-state index in [2.05, 4.69) is 44.0 Å². The van der Waals surface area contributed by atoms with E-state index >= 15 is 0 Å². The molecule has 196 valence electrons. The minimum atomic E-state index is -0.636. The Labute approximate surface area is 217 Å². The van der Waals surface area contributed by atoms with E-state index in [1.54, 1.807) is 6.07 Å². The molecule has 3 aromatic heterocycles. The molecular formula is C28H35F2N7. The van der Waals surface area contributed by atoms with E-state index in [9.17, 15) is 8.78 Å². The van der Waals surface area contributed by atoms with E-state index in [0.29, 0.717) is 22.7 Å². The molecule has 4 rings (SSSR count). The zero-order valence-electron chi connectivity index (χ0n) is 22.2. The number of hydrogen-bond acceptors (Lipinski definition) is 6. The van der Waals surface area contributed by atoms with Crippen LogP contribution < -0.4 is 5.32 Å². The van der Waals surface area contributed by atoms with Gasteiger partial charge < -0.3 is 9.88 Å². The molecule has 37 heavy (non-hydrogen) atoms. The molecule has 9 heteroatoms. The largest absolute Gasteiger partial charge is 0.326 e. The maximum Gasteiger partial charge on any atom is 0.229 e. The van der Waals surface area contributed by atoms with E-state index in [1.165, 1.54) is 25.3 Å². The van der Waals surface area contributed by atoms with Crippen LogP contribution in [0.5, 0.6) is 0 Å². The van der Waals surface area contributed by atoms with Crippen molar-refractivity contribution >= 4 is 22.8 Å². The molecule has 4 aromatic rings. The summed E-state index contributed by atoms with van der Waals surface area (Å²) in [6.45, 7) is 13.1. The molecule has 0 fully saturated rings. The molecule has 0 saturated heterocycles. The van der Waals surface area contributed by atoms with E-state index in [-0.39, 0.29) is 23.2 Å². The second kappa shape index (κ2) is 11.7. The van der Waals surface area contributed by atoms with Gasteiger partial charge in [-0.1, -0.05) is 32.8 Å². The summed E-state index contributed by atoms with van der Waals surface area (Å²) in [5.41, 5.74) is 2.31. The van der Waals surface area contributed by atoms with Gasteiger partial charge in [0.1, 0.15) is 22.9 Å². The molecule has 0 radical (unpaired) electrons. The van der Waals surface area contributed by atoms with Gasteiger partial charge in [-0.15, -0.1) is 0 Å². The Balaban J connectivity index is 1.55. The number of aryl methyl sites for hydroxylation is 1. The van der Waals surface area contributed by atoms with E-state index in [1.807, 2.05) is 43.7 Å². The van der Waals surface area contributed by atoms with Crippen molar-refractivity contribution in [1.29, 1.82) is 0 Å². The zero-order valence-corrected chi connectivity index (χ0v) is 22.2. The molecule has 0 spiro atoms. The third kappa shape index (κ3) is 6.10. The van der Waals surface area contributed by atoms with Gasteiger partial charge in [0.15, 0.2) is 11.6 Å². The van der Waals surface area contributed by atoms with Crippen molar-refractivity contribution in [2.24, 2.45) is 0 Å². The maximum atomic E-state index is 14.9. The van der Waals surface area contributed by atoms with Gasteiger partial charge in [-0.25, -0.2) is 28.7 Å². The fourth-order valence-electron chi connectivity index (χ4n) is 4.59. The smallest absolute Gasteiger partial charge is 0.229 e. The van der Waals surface area contributed by atoms with Crippen LogP contribution in [0.2, 0.25) is 0 Å². The molecule has 3 heterocycles. The first-order valence-electron chi connectivity index (χ1n) is 13.0. The molecule has 1 aromatic carbocycles. The van der Waals surface area contributed by atoms with Crippen molar-refractivity contribution in [3.05, 3.63) is 59.7 Å². The number of anilines is 2. The first-order chi connectivity index (χ1) is 17.8. The molecule has 0 aliphatic heterocycles. The SMILES string of the molecule is CCCCCN(CC)Cc1ccc(Nc2ncc(F)c(-c3cc(F)c4nc(C)n(C(C)C)c4c3)n2)nc1. The number of fused-ring (bicyclic) bond motifs is 1. The highest BCUT2D eigenvalue weighted by atomic mass is 19.1. The second-order valence-electron chi connectivity index (χ2n) is 9.59. The molecule has 0 unspecified atom stereocenters. The van der Waals surface area contributed by atoms with Gasteiger partial charge in [0.25, 0.3) is 0 Å². The summed E-state index contributed by atoms with van der Waals surface area (Å²) in [5, 5.41) is 3.04. The predicted octanol–water partition coefficient (Wildman–Crippen LogP) is 6.81. The quantitative estimate of drug-likeness (QED) is 0.225. The lowest BCUT2D eigenvalue weighted by Gasteiger charge is -2.20. The van der Waals surface area contributed by atoms with Crippen LogP contribution in [0.4, 0.5) is 20.5 Å². The Morgan fingerprint density at radius 1 is 1.00 bits per heavy atom. The Bertz CT molecular complexity index is 1350. The number of nitrogens with zero attached hydrogens (tertiary/aromatic N) is 6. The van der Waals surface area contributed by atoms with Crippen LogP contribution in [0, 0.1) is 18.6 Å². The highest BCUT2D eigenvalue weighted by molar-refractivity contribution is 5.83. The van der Waals surface area contributed by atoms with Crippen LogP contribution in [0.1, 0.15) is 64.4 Å². The fourth-order valence-corrected chi connectivity index (χ4v) is 4.59. The van der Waals surface area contributed by atoms with Crippen molar-refractivity contribution in [1.82, 2.24) is 29.4 Å². The van der Waals surface area contributed by atoms with Gasteiger partial charge in [-0.05, 0) is 64.0 Å². The van der Waals surface area contributed by atoms with Crippen molar-refractivity contribution in [3.8, 4) is 11.3 Å². The Hall–Kier alpha value is -3.46. The fraction of sp³-hybridized carbons (Fsp3) is 0.429. The minimum Gasteiger partial charge on any atom is -0.326 e. The highest BCUT2D eigenvalue weighted by Gasteiger charge is 2.18. The van der Waals surface area contributed by atoms with E-state index in [4.69, 9.17) is 0 Å². The van der Waals surface area contributed by atoms with Gasteiger partial charge >= 0.3 is 0 Å². The standard InChI is InChI=1S/C28H35F2N7/c1-6-8-9-12-36(7-2)17-20-10-11-25(31-15-20)34-28-32-16-23(30)26(35-28)21-13-22(29)27-24(14-21)37(18(3)4)19(5)33-27/h10-11,13-16,18H,6-9,12,17H2,1-5H3,(H,31,32,34,35). The molecular weight excluding hydrogens is 472 g/mol. The first kappa shape index (κ1) is 26.6. The number of hydrogen-bond donors (Lipinski definition) is 1. The van der Waals surface area contributed by atoms with Crippen LogP contribution >= 0.6 is 0 Å². The molecule has 0 saturated carbocycles. The highest BCUT2D eigenvalue weighted by Crippen LogP contribution is 2.30. The summed E-state index contributed by atoms with van der Waals surface area (Å²) >= 11 is 0. The van der Waals surface area contributed by atoms with Crippen molar-refractivity contribution in [3.63, 3.8) is 0 Å². The van der Waals surface area contributed by atoms with Crippen molar-refractivity contribution in [2.45, 2.75) is 66.5 Å². The number of halogens is 2. The first-order valence-corrected chi connectivity index (χ1v) is 13.0. The Morgan fingerprint density at radius 3 is 2.49 bits per heavy atom. The summed E-state index contributed by atoms with van der Waals surface area (Å²) in [7, 11) is 0. The number of aromatic nitrogens is 5. The summed E-state index contributed by atoms with van der Waals surface area (Å²) in [6, 6.07) is 6.93. The molecule has 0 amide bonds. The summed E-state index contributed by atoms with van der Waals surface area (Å²) in [5.74, 6) is 0.272. The predicted molar refractivity (Wildman–Crippen MR) is 144 cm³/mol.